The normalized spacial score (nSPS) is 11.6. The van der Waals surface area contributed by atoms with Crippen LogP contribution in [0.2, 0.25) is 5.02 Å². The fourth-order valence-corrected chi connectivity index (χ4v) is 5.37. The lowest BCUT2D eigenvalue weighted by atomic mass is 10.0. The summed E-state index contributed by atoms with van der Waals surface area (Å²) in [4.78, 5) is 29.8. The first-order chi connectivity index (χ1) is 17.2. The monoisotopic (exact) mass is 519 g/mol. The molecule has 3 heterocycles. The van der Waals surface area contributed by atoms with E-state index in [0.29, 0.717) is 17.0 Å². The molecule has 0 aliphatic rings. The van der Waals surface area contributed by atoms with Gasteiger partial charge >= 0.3 is 5.97 Å². The highest BCUT2D eigenvalue weighted by Crippen LogP contribution is 2.33. The van der Waals surface area contributed by atoms with Gasteiger partial charge in [0.25, 0.3) is 5.56 Å². The van der Waals surface area contributed by atoms with Gasteiger partial charge < -0.3 is 9.30 Å². The third kappa shape index (κ3) is 4.45. The van der Waals surface area contributed by atoms with E-state index in [1.807, 2.05) is 55.1 Å². The Morgan fingerprint density at radius 1 is 1.03 bits per heavy atom. The van der Waals surface area contributed by atoms with Crippen molar-refractivity contribution in [2.24, 2.45) is 20.0 Å². The quantitative estimate of drug-likeness (QED) is 0.238. The first kappa shape index (κ1) is 24.3. The summed E-state index contributed by atoms with van der Waals surface area (Å²) in [6.45, 7) is 4.16. The summed E-state index contributed by atoms with van der Waals surface area (Å²) in [5, 5.41) is 5.39. The van der Waals surface area contributed by atoms with Gasteiger partial charge in [0.1, 0.15) is 17.3 Å². The van der Waals surface area contributed by atoms with E-state index in [4.69, 9.17) is 21.3 Å². The minimum atomic E-state index is -0.207. The van der Waals surface area contributed by atoms with Crippen LogP contribution in [-0.2, 0) is 30.2 Å². The molecule has 2 aromatic carbocycles. The number of hydrogen-bond acceptors (Lipinski definition) is 5. The van der Waals surface area contributed by atoms with Gasteiger partial charge in [0.15, 0.2) is 0 Å². The molecule has 5 aromatic rings. The molecule has 0 spiro atoms. The van der Waals surface area contributed by atoms with Crippen LogP contribution in [0, 0.1) is 5.92 Å². The summed E-state index contributed by atoms with van der Waals surface area (Å²) in [6, 6.07) is 15.5. The van der Waals surface area contributed by atoms with Gasteiger partial charge in [-0.05, 0) is 41.8 Å². The molecule has 36 heavy (non-hydrogen) atoms. The van der Waals surface area contributed by atoms with E-state index in [0.717, 1.165) is 43.8 Å². The van der Waals surface area contributed by atoms with Crippen molar-refractivity contribution in [3.05, 3.63) is 74.3 Å². The van der Waals surface area contributed by atoms with Crippen LogP contribution in [0.3, 0.4) is 0 Å². The number of thiazole rings is 1. The van der Waals surface area contributed by atoms with Crippen LogP contribution in [0.15, 0.2) is 58.7 Å². The molecule has 0 aliphatic heterocycles. The van der Waals surface area contributed by atoms with E-state index in [1.165, 1.54) is 11.3 Å². The number of carbonyl (C=O) groups is 1. The van der Waals surface area contributed by atoms with Crippen molar-refractivity contribution in [2.75, 3.05) is 0 Å². The highest BCUT2D eigenvalue weighted by Gasteiger charge is 2.17. The number of ether oxygens (including phenoxy) is 1. The van der Waals surface area contributed by atoms with Gasteiger partial charge in [-0.2, -0.15) is 0 Å². The maximum atomic E-state index is 13.2. The molecule has 0 bridgehead atoms. The van der Waals surface area contributed by atoms with Gasteiger partial charge in [-0.1, -0.05) is 43.6 Å². The minimum Gasteiger partial charge on any atom is -0.458 e. The summed E-state index contributed by atoms with van der Waals surface area (Å²) in [5.41, 5.74) is 5.05. The second-order valence-electron chi connectivity index (χ2n) is 9.34. The second-order valence-corrected chi connectivity index (χ2v) is 10.7. The standard InChI is InChI=1S/C28H26ClN3O3S/c1-16(2)11-26(33)35-14-25-30-23(15-36-25)18-7-10-24-21(12-18)22-13-20(17-5-8-19(29)9-6-17)28(34)32(4)27(22)31(24)3/h5-10,12-13,15-16H,11,14H2,1-4H3. The van der Waals surface area contributed by atoms with Crippen molar-refractivity contribution in [1.82, 2.24) is 14.1 Å². The average Bonchev–Trinajstić information content (AvgIpc) is 3.43. The lowest BCUT2D eigenvalue weighted by Gasteiger charge is -2.08. The van der Waals surface area contributed by atoms with E-state index in [-0.39, 0.29) is 24.1 Å². The van der Waals surface area contributed by atoms with E-state index in [1.54, 1.807) is 23.7 Å². The molecule has 8 heteroatoms. The van der Waals surface area contributed by atoms with Crippen LogP contribution in [0.1, 0.15) is 25.3 Å². The SMILES string of the molecule is CC(C)CC(=O)OCc1nc(-c2ccc3c(c2)c2cc(-c4ccc(Cl)cc4)c(=O)n(C)c2n3C)cs1. The van der Waals surface area contributed by atoms with Crippen LogP contribution in [0.5, 0.6) is 0 Å². The van der Waals surface area contributed by atoms with Gasteiger partial charge in [-0.3, -0.25) is 14.2 Å². The highest BCUT2D eigenvalue weighted by atomic mass is 35.5. The third-order valence-electron chi connectivity index (χ3n) is 6.28. The fourth-order valence-electron chi connectivity index (χ4n) is 4.53. The number of benzene rings is 2. The number of nitrogens with zero attached hydrogens (tertiary/aromatic N) is 3. The van der Waals surface area contributed by atoms with Gasteiger partial charge in [0.05, 0.1) is 11.2 Å². The second kappa shape index (κ2) is 9.56. The molecular weight excluding hydrogens is 494 g/mol. The van der Waals surface area contributed by atoms with Crippen molar-refractivity contribution in [3.63, 3.8) is 0 Å². The molecule has 0 atom stereocenters. The summed E-state index contributed by atoms with van der Waals surface area (Å²) < 4.78 is 9.11. The smallest absolute Gasteiger partial charge is 0.306 e. The maximum Gasteiger partial charge on any atom is 0.306 e. The van der Waals surface area contributed by atoms with E-state index < -0.39 is 0 Å². The van der Waals surface area contributed by atoms with E-state index in [2.05, 4.69) is 12.1 Å². The Bertz CT molecular complexity index is 1660. The fraction of sp³-hybridized carbons (Fsp3) is 0.250. The van der Waals surface area contributed by atoms with Gasteiger partial charge in [0.2, 0.25) is 0 Å². The van der Waals surface area contributed by atoms with Gasteiger partial charge in [0, 0.05) is 52.8 Å². The van der Waals surface area contributed by atoms with Gasteiger partial charge in [-0.15, -0.1) is 11.3 Å². The Balaban J connectivity index is 1.56. The van der Waals surface area contributed by atoms with Crippen molar-refractivity contribution < 1.29 is 9.53 Å². The van der Waals surface area contributed by atoms with Crippen LogP contribution in [-0.4, -0.2) is 20.1 Å². The molecule has 0 radical (unpaired) electrons. The molecule has 6 nitrogen and oxygen atoms in total. The Labute approximate surface area is 217 Å². The molecule has 0 amide bonds. The lowest BCUT2D eigenvalue weighted by Crippen LogP contribution is -2.20. The van der Waals surface area contributed by atoms with Gasteiger partial charge in [-0.25, -0.2) is 4.98 Å². The molecule has 0 saturated carbocycles. The topological polar surface area (TPSA) is 66.1 Å². The average molecular weight is 520 g/mol. The van der Waals surface area contributed by atoms with E-state index >= 15 is 0 Å². The van der Waals surface area contributed by atoms with Crippen LogP contribution in [0.4, 0.5) is 0 Å². The predicted molar refractivity (Wildman–Crippen MR) is 146 cm³/mol. The molecule has 0 saturated heterocycles. The zero-order valence-electron chi connectivity index (χ0n) is 20.5. The Morgan fingerprint density at radius 3 is 2.47 bits per heavy atom. The largest absolute Gasteiger partial charge is 0.458 e. The zero-order valence-corrected chi connectivity index (χ0v) is 22.1. The molecule has 3 aromatic heterocycles. The summed E-state index contributed by atoms with van der Waals surface area (Å²) >= 11 is 7.54. The van der Waals surface area contributed by atoms with Crippen molar-refractivity contribution in [1.29, 1.82) is 0 Å². The number of rotatable bonds is 6. The first-order valence-electron chi connectivity index (χ1n) is 11.7. The number of halogens is 1. The predicted octanol–water partition coefficient (Wildman–Crippen LogP) is 6.56. The number of hydrogen-bond donors (Lipinski definition) is 0. The molecule has 0 aliphatic carbocycles. The third-order valence-corrected chi connectivity index (χ3v) is 7.36. The summed E-state index contributed by atoms with van der Waals surface area (Å²) in [7, 11) is 3.77. The number of aryl methyl sites for hydroxylation is 2. The summed E-state index contributed by atoms with van der Waals surface area (Å²) in [6.07, 6.45) is 0.399. The molecule has 5 rings (SSSR count). The first-order valence-corrected chi connectivity index (χ1v) is 13.0. The minimum absolute atomic E-state index is 0.0629. The number of esters is 1. The highest BCUT2D eigenvalue weighted by molar-refractivity contribution is 7.09. The van der Waals surface area contributed by atoms with E-state index in [9.17, 15) is 9.59 Å². The molecule has 184 valence electrons. The molecular formula is C28H26ClN3O3S. The van der Waals surface area contributed by atoms with Crippen molar-refractivity contribution >= 4 is 50.8 Å². The number of pyridine rings is 1. The lowest BCUT2D eigenvalue weighted by molar-refractivity contribution is -0.145. The number of fused-ring (bicyclic) bond motifs is 3. The van der Waals surface area contributed by atoms with Crippen LogP contribution in [0.25, 0.3) is 44.3 Å². The van der Waals surface area contributed by atoms with Crippen LogP contribution >= 0.6 is 22.9 Å². The number of aromatic nitrogens is 3. The molecule has 0 N–H and O–H groups in total. The zero-order chi connectivity index (χ0) is 25.6. The molecule has 0 unspecified atom stereocenters. The van der Waals surface area contributed by atoms with Crippen LogP contribution < -0.4 is 5.56 Å². The maximum absolute atomic E-state index is 13.2. The Hall–Kier alpha value is -3.42. The molecule has 0 fully saturated rings. The number of carbonyl (C=O) groups excluding carboxylic acids is 1. The Morgan fingerprint density at radius 2 is 1.75 bits per heavy atom. The Kier molecular flexibility index (Phi) is 6.45. The van der Waals surface area contributed by atoms with Crippen molar-refractivity contribution in [3.8, 4) is 22.4 Å². The van der Waals surface area contributed by atoms with Crippen molar-refractivity contribution in [2.45, 2.75) is 26.9 Å². The summed E-state index contributed by atoms with van der Waals surface area (Å²) in [5.74, 6) is 0.0532.